The van der Waals surface area contributed by atoms with Crippen LogP contribution in [-0.4, -0.2) is 19.9 Å². The van der Waals surface area contributed by atoms with E-state index in [0.717, 1.165) is 51.5 Å². The van der Waals surface area contributed by atoms with Crippen LogP contribution >= 0.6 is 24.0 Å². The van der Waals surface area contributed by atoms with E-state index in [0.29, 0.717) is 22.1 Å². The summed E-state index contributed by atoms with van der Waals surface area (Å²) in [5, 5.41) is 5.38. The molecule has 0 bridgehead atoms. The molecule has 0 amide bonds. The number of aryl methyl sites for hydroxylation is 2. The second kappa shape index (κ2) is 8.43. The minimum Gasteiger partial charge on any atom is -0.493 e. The lowest BCUT2D eigenvalue weighted by atomic mass is 9.93. The molecule has 0 aliphatic carbocycles. The van der Waals surface area contributed by atoms with Crippen molar-refractivity contribution in [3.05, 3.63) is 76.9 Å². The average molecular weight is 521 g/mol. The number of hydrogen-bond donors (Lipinski definition) is 0. The number of pyridine rings is 1. The Kier molecular flexibility index (Phi) is 5.32. The highest BCUT2D eigenvalue weighted by atomic mass is 35.5. The molecule has 0 saturated carbocycles. The highest BCUT2D eigenvalue weighted by Crippen LogP contribution is 2.46. The number of hydrogen-bond acceptors (Lipinski definition) is 5. The summed E-state index contributed by atoms with van der Waals surface area (Å²) in [4.78, 5) is 13.1. The first-order valence-electron chi connectivity index (χ1n) is 11.3. The van der Waals surface area contributed by atoms with Gasteiger partial charge in [0.1, 0.15) is 0 Å². The summed E-state index contributed by atoms with van der Waals surface area (Å²) in [5.74, 6) is 1.92. The second-order valence-corrected chi connectivity index (χ2v) is 9.06. The van der Waals surface area contributed by atoms with E-state index in [1.165, 1.54) is 10.9 Å². The molecule has 0 radical (unpaired) electrons. The molecule has 36 heavy (non-hydrogen) atoms. The zero-order valence-corrected chi connectivity index (χ0v) is 20.7. The summed E-state index contributed by atoms with van der Waals surface area (Å²) in [6, 6.07) is 17.0. The Morgan fingerprint density at radius 1 is 1.00 bits per heavy atom. The van der Waals surface area contributed by atoms with Crippen molar-refractivity contribution in [3.63, 3.8) is 0 Å². The third-order valence-electron chi connectivity index (χ3n) is 6.84. The van der Waals surface area contributed by atoms with Gasteiger partial charge in [0.15, 0.2) is 35.7 Å². The van der Waals surface area contributed by atoms with Gasteiger partial charge in [0.25, 0.3) is 0 Å². The fraction of sp³-hybridized carbons (Fsp3) is 0.143. The zero-order chi connectivity index (χ0) is 23.7. The van der Waals surface area contributed by atoms with Crippen LogP contribution in [0.3, 0.4) is 0 Å². The van der Waals surface area contributed by atoms with Crippen molar-refractivity contribution in [1.82, 2.24) is 0 Å². The number of aromatic nitrogens is 1. The number of ether oxygens (including phenoxy) is 4. The number of methoxy groups -OCH3 is 1. The van der Waals surface area contributed by atoms with Crippen molar-refractivity contribution >= 4 is 62.4 Å². The highest BCUT2D eigenvalue weighted by molar-refractivity contribution is 6.33. The summed E-state index contributed by atoms with van der Waals surface area (Å²) in [7, 11) is 1.56. The minimum atomic E-state index is -0.534. The van der Waals surface area contributed by atoms with Crippen molar-refractivity contribution in [2.75, 3.05) is 13.9 Å². The summed E-state index contributed by atoms with van der Waals surface area (Å²) >= 11 is 6.25. The third-order valence-corrected chi connectivity index (χ3v) is 7.17. The van der Waals surface area contributed by atoms with Gasteiger partial charge in [0.2, 0.25) is 12.3 Å². The molecule has 2 aliphatic heterocycles. The molecular weight excluding hydrogens is 501 g/mol. The lowest BCUT2D eigenvalue weighted by Crippen LogP contribution is -2.38. The van der Waals surface area contributed by atoms with Crippen LogP contribution in [0.2, 0.25) is 5.02 Å². The number of fused-ring (bicyclic) bond motifs is 4. The first-order valence-corrected chi connectivity index (χ1v) is 11.7. The van der Waals surface area contributed by atoms with Gasteiger partial charge in [0, 0.05) is 17.2 Å². The number of carbonyl (C=O) groups is 1. The van der Waals surface area contributed by atoms with E-state index in [-0.39, 0.29) is 19.2 Å². The zero-order valence-electron chi connectivity index (χ0n) is 19.2. The van der Waals surface area contributed by atoms with Crippen LogP contribution in [0.5, 0.6) is 23.0 Å². The average Bonchev–Trinajstić information content (AvgIpc) is 3.36. The van der Waals surface area contributed by atoms with E-state index in [1.54, 1.807) is 31.4 Å². The highest BCUT2D eigenvalue weighted by Gasteiger charge is 2.30. The Morgan fingerprint density at radius 2 is 1.81 bits per heavy atom. The Labute approximate surface area is 217 Å². The van der Waals surface area contributed by atoms with Gasteiger partial charge in [0.05, 0.1) is 33.9 Å². The number of esters is 1. The summed E-state index contributed by atoms with van der Waals surface area (Å²) < 4.78 is 25.2. The smallest absolute Gasteiger partial charge is 0.345 e. The van der Waals surface area contributed by atoms with E-state index in [9.17, 15) is 4.79 Å². The second-order valence-electron chi connectivity index (χ2n) is 8.65. The summed E-state index contributed by atoms with van der Waals surface area (Å²) in [6.45, 7) is 1.02. The van der Waals surface area contributed by atoms with E-state index in [1.807, 2.05) is 18.3 Å². The van der Waals surface area contributed by atoms with Crippen LogP contribution in [0.25, 0.3) is 32.4 Å². The fourth-order valence-corrected chi connectivity index (χ4v) is 5.49. The van der Waals surface area contributed by atoms with Crippen LogP contribution in [0.1, 0.15) is 15.9 Å². The normalized spacial score (nSPS) is 13.3. The first-order chi connectivity index (χ1) is 17.1. The molecule has 2 aliphatic rings. The van der Waals surface area contributed by atoms with Crippen LogP contribution in [0.4, 0.5) is 0 Å². The maximum atomic E-state index is 13.1. The molecule has 0 fully saturated rings. The van der Waals surface area contributed by atoms with E-state index < -0.39 is 5.97 Å². The molecule has 5 aromatic rings. The Bertz CT molecular complexity index is 1730. The van der Waals surface area contributed by atoms with Crippen molar-refractivity contribution in [2.24, 2.45) is 0 Å². The molecule has 0 unspecified atom stereocenters. The molecule has 8 heteroatoms. The van der Waals surface area contributed by atoms with Gasteiger partial charge in [-0.05, 0) is 48.0 Å². The summed E-state index contributed by atoms with van der Waals surface area (Å²) in [5.41, 5.74) is 2.67. The molecule has 4 aromatic carbocycles. The van der Waals surface area contributed by atoms with E-state index >= 15 is 0 Å². The molecule has 0 N–H and O–H groups in total. The van der Waals surface area contributed by atoms with Gasteiger partial charge in [-0.25, -0.2) is 4.79 Å². The molecule has 0 spiro atoms. The number of halogens is 2. The van der Waals surface area contributed by atoms with E-state index in [4.69, 9.17) is 30.5 Å². The van der Waals surface area contributed by atoms with Crippen molar-refractivity contribution in [1.29, 1.82) is 0 Å². The molecule has 3 heterocycles. The first kappa shape index (κ1) is 22.7. The number of carbonyl (C=O) groups excluding carboxylic acids is 1. The third kappa shape index (κ3) is 3.18. The molecule has 0 atom stereocenters. The Morgan fingerprint density at radius 3 is 2.64 bits per heavy atom. The number of rotatable bonds is 3. The van der Waals surface area contributed by atoms with Crippen LogP contribution in [-0.2, 0) is 13.0 Å². The van der Waals surface area contributed by atoms with Crippen molar-refractivity contribution in [3.8, 4) is 23.0 Å². The molecular formula is C28H20Cl2NO5+. The lowest BCUT2D eigenvalue weighted by molar-refractivity contribution is -0.670. The monoisotopic (exact) mass is 520 g/mol. The van der Waals surface area contributed by atoms with Crippen molar-refractivity contribution < 1.29 is 28.3 Å². The molecule has 6 nitrogen and oxygen atoms in total. The molecule has 0 saturated heterocycles. The maximum Gasteiger partial charge on any atom is 0.345 e. The van der Waals surface area contributed by atoms with Gasteiger partial charge in [-0.2, -0.15) is 4.57 Å². The van der Waals surface area contributed by atoms with Crippen LogP contribution < -0.4 is 23.5 Å². The van der Waals surface area contributed by atoms with Crippen molar-refractivity contribution in [2.45, 2.75) is 13.0 Å². The minimum absolute atomic E-state index is 0. The van der Waals surface area contributed by atoms with Gasteiger partial charge in [-0.15, -0.1) is 12.4 Å². The van der Waals surface area contributed by atoms with Crippen LogP contribution in [0.15, 0.2) is 60.8 Å². The fourth-order valence-electron chi connectivity index (χ4n) is 5.28. The van der Waals surface area contributed by atoms with Gasteiger partial charge in [-0.1, -0.05) is 23.7 Å². The maximum absolute atomic E-state index is 13.1. The number of benzene rings is 4. The SMILES string of the molecule is COc1ccc2c(c[n+]3c4c2ccc2c5c(cc(c24)CC3)OCO5)c1OC(=O)c1ccccc1Cl.Cl. The molecule has 7 rings (SSSR count). The standard InChI is InChI=1S/C28H19ClNO5.ClH/c1-32-22-9-8-16-17-6-7-19-24-15(12-23-26(19)34-14-33-23)10-11-30(25(17)24)13-20(16)27(22)35-28(31)18-4-2-3-5-21(18)29;/h2-9,12-13H,10-11,14H2,1H3;1H/q+1;. The van der Waals surface area contributed by atoms with E-state index in [2.05, 4.69) is 22.8 Å². The van der Waals surface area contributed by atoms with Gasteiger partial charge < -0.3 is 18.9 Å². The topological polar surface area (TPSA) is 57.9 Å². The number of nitrogens with zero attached hydrogens (tertiary/aromatic N) is 1. The largest absolute Gasteiger partial charge is 0.493 e. The predicted octanol–water partition coefficient (Wildman–Crippen LogP) is 6.02. The Balaban J connectivity index is 0.00000240. The predicted molar refractivity (Wildman–Crippen MR) is 139 cm³/mol. The summed E-state index contributed by atoms with van der Waals surface area (Å²) in [6.07, 6.45) is 2.90. The van der Waals surface area contributed by atoms with Gasteiger partial charge in [-0.3, -0.25) is 0 Å². The Hall–Kier alpha value is -3.74. The van der Waals surface area contributed by atoms with Gasteiger partial charge >= 0.3 is 5.97 Å². The van der Waals surface area contributed by atoms with Crippen LogP contribution in [0, 0.1) is 0 Å². The molecule has 180 valence electrons. The lowest BCUT2D eigenvalue weighted by Gasteiger charge is -2.18. The quantitative estimate of drug-likeness (QED) is 0.126. The molecule has 1 aromatic heterocycles.